The summed E-state index contributed by atoms with van der Waals surface area (Å²) in [7, 11) is 3.09. The van der Waals surface area contributed by atoms with E-state index in [4.69, 9.17) is 9.47 Å². The molecule has 166 valence electrons. The lowest BCUT2D eigenvalue weighted by molar-refractivity contribution is 0.353. The third kappa shape index (κ3) is 4.26. The minimum Gasteiger partial charge on any atom is -0.508 e. The first-order chi connectivity index (χ1) is 14.5. The number of halogens is 1. The fourth-order valence-electron chi connectivity index (χ4n) is 4.09. The Balaban J connectivity index is 0.00000272. The summed E-state index contributed by atoms with van der Waals surface area (Å²) >= 11 is 0. The number of hydrogen-bond donors (Lipinski definition) is 2. The number of phenolic OH excluding ortho intramolecular Hbond substituents is 1. The van der Waals surface area contributed by atoms with Gasteiger partial charge in [0.1, 0.15) is 5.75 Å². The van der Waals surface area contributed by atoms with E-state index in [1.807, 2.05) is 0 Å². The molecule has 9 heteroatoms. The van der Waals surface area contributed by atoms with E-state index in [1.165, 1.54) is 23.8 Å². The van der Waals surface area contributed by atoms with Gasteiger partial charge in [0.15, 0.2) is 11.5 Å². The van der Waals surface area contributed by atoms with Crippen LogP contribution in [0.3, 0.4) is 0 Å². The molecule has 2 N–H and O–H groups in total. The Hall–Kier alpha value is -2.97. The Bertz CT molecular complexity index is 1200. The molecular weight excluding hydrogens is 422 g/mol. The molecule has 2 heterocycles. The van der Waals surface area contributed by atoms with Crippen LogP contribution in [0.5, 0.6) is 17.2 Å². The zero-order chi connectivity index (χ0) is 21.3. The maximum Gasteiger partial charge on any atom is 0.332 e. The van der Waals surface area contributed by atoms with Gasteiger partial charge in [-0.1, -0.05) is 6.07 Å². The Morgan fingerprint density at radius 1 is 1.03 bits per heavy atom. The molecule has 8 nitrogen and oxygen atoms in total. The molecule has 0 spiro atoms. The van der Waals surface area contributed by atoms with Crippen molar-refractivity contribution >= 4 is 23.3 Å². The lowest BCUT2D eigenvalue weighted by Gasteiger charge is -2.27. The summed E-state index contributed by atoms with van der Waals surface area (Å²) in [6, 6.07) is 9.88. The van der Waals surface area contributed by atoms with Crippen LogP contribution in [-0.4, -0.2) is 41.5 Å². The van der Waals surface area contributed by atoms with Crippen molar-refractivity contribution in [2.45, 2.75) is 25.4 Å². The highest BCUT2D eigenvalue weighted by atomic mass is 35.5. The Morgan fingerprint density at radius 3 is 2.42 bits per heavy atom. The second kappa shape index (κ2) is 9.45. The third-order valence-electron chi connectivity index (χ3n) is 5.61. The van der Waals surface area contributed by atoms with Gasteiger partial charge < -0.3 is 19.9 Å². The average Bonchev–Trinajstić information content (AvgIpc) is 2.77. The van der Waals surface area contributed by atoms with E-state index in [0.29, 0.717) is 22.4 Å². The molecule has 0 bridgehead atoms. The first-order valence-electron chi connectivity index (χ1n) is 9.93. The highest BCUT2D eigenvalue weighted by Crippen LogP contribution is 2.28. The number of nitrogens with one attached hydrogen (secondary N) is 1. The number of fused-ring (bicyclic) bond motifs is 1. The van der Waals surface area contributed by atoms with E-state index in [0.717, 1.165) is 31.5 Å². The van der Waals surface area contributed by atoms with Crippen molar-refractivity contribution in [1.29, 1.82) is 0 Å². The zero-order valence-corrected chi connectivity index (χ0v) is 18.3. The number of rotatable bonds is 5. The molecule has 31 heavy (non-hydrogen) atoms. The zero-order valence-electron chi connectivity index (χ0n) is 17.5. The SMILES string of the molecule is COc1ccc(Cn2c(=O)c3cc(O)ccc3n(C3CCNCC3)c2=O)cc1OC.Cl. The molecule has 1 aliphatic heterocycles. The van der Waals surface area contributed by atoms with Crippen molar-refractivity contribution in [3.05, 3.63) is 62.8 Å². The topological polar surface area (TPSA) is 94.7 Å². The van der Waals surface area contributed by atoms with Crippen molar-refractivity contribution in [2.75, 3.05) is 27.3 Å². The number of piperidine rings is 1. The third-order valence-corrected chi connectivity index (χ3v) is 5.61. The molecule has 1 fully saturated rings. The van der Waals surface area contributed by atoms with Crippen molar-refractivity contribution in [2.24, 2.45) is 0 Å². The van der Waals surface area contributed by atoms with Gasteiger partial charge in [0.25, 0.3) is 5.56 Å². The number of methoxy groups -OCH3 is 2. The lowest BCUT2D eigenvalue weighted by Crippen LogP contribution is -2.43. The van der Waals surface area contributed by atoms with Crippen molar-refractivity contribution in [1.82, 2.24) is 14.5 Å². The highest BCUT2D eigenvalue weighted by molar-refractivity contribution is 5.85. The molecule has 1 saturated heterocycles. The molecular formula is C22H26ClN3O5. The molecule has 1 aromatic heterocycles. The molecule has 0 radical (unpaired) electrons. The predicted octanol–water partition coefficient (Wildman–Crippen LogP) is 2.28. The van der Waals surface area contributed by atoms with Crippen LogP contribution in [0.15, 0.2) is 46.0 Å². The van der Waals surface area contributed by atoms with Crippen LogP contribution in [-0.2, 0) is 6.54 Å². The van der Waals surface area contributed by atoms with E-state index < -0.39 is 5.56 Å². The highest BCUT2D eigenvalue weighted by Gasteiger charge is 2.22. The maximum atomic E-state index is 13.5. The van der Waals surface area contributed by atoms with Crippen LogP contribution in [0, 0.1) is 0 Å². The smallest absolute Gasteiger partial charge is 0.332 e. The molecule has 0 saturated carbocycles. The Labute approximate surface area is 185 Å². The van der Waals surface area contributed by atoms with Crippen molar-refractivity contribution in [3.63, 3.8) is 0 Å². The molecule has 2 aromatic carbocycles. The molecule has 0 aliphatic carbocycles. The summed E-state index contributed by atoms with van der Waals surface area (Å²) < 4.78 is 13.5. The number of benzene rings is 2. The van der Waals surface area contributed by atoms with Gasteiger partial charge in [0.05, 0.1) is 31.7 Å². The molecule has 1 aliphatic rings. The first-order valence-corrected chi connectivity index (χ1v) is 9.93. The Morgan fingerprint density at radius 2 is 1.74 bits per heavy atom. The molecule has 0 unspecified atom stereocenters. The monoisotopic (exact) mass is 447 g/mol. The summed E-state index contributed by atoms with van der Waals surface area (Å²) in [5.41, 5.74) is 0.521. The van der Waals surface area contributed by atoms with Gasteiger partial charge in [-0.25, -0.2) is 4.79 Å². The number of phenols is 1. The van der Waals surface area contributed by atoms with E-state index in [-0.39, 0.29) is 36.4 Å². The standard InChI is InChI=1S/C22H25N3O5.ClH/c1-29-19-6-3-14(11-20(19)30-2)13-24-21(27)17-12-16(26)4-5-18(17)25(22(24)28)15-7-9-23-10-8-15;/h3-6,11-12,15,23,26H,7-10,13H2,1-2H3;1H. The van der Waals surface area contributed by atoms with Gasteiger partial charge in [-0.2, -0.15) is 0 Å². The fraction of sp³-hybridized carbons (Fsp3) is 0.364. The molecule has 4 rings (SSSR count). The van der Waals surface area contributed by atoms with Gasteiger partial charge in [0, 0.05) is 6.04 Å². The van der Waals surface area contributed by atoms with Crippen LogP contribution >= 0.6 is 12.4 Å². The quantitative estimate of drug-likeness (QED) is 0.623. The largest absolute Gasteiger partial charge is 0.508 e. The minimum absolute atomic E-state index is 0. The molecule has 3 aromatic rings. The van der Waals surface area contributed by atoms with Gasteiger partial charge >= 0.3 is 5.69 Å². The summed E-state index contributed by atoms with van der Waals surface area (Å²) in [6.45, 7) is 1.71. The van der Waals surface area contributed by atoms with Crippen LogP contribution in [0.25, 0.3) is 10.9 Å². The second-order valence-electron chi connectivity index (χ2n) is 7.42. The predicted molar refractivity (Wildman–Crippen MR) is 121 cm³/mol. The average molecular weight is 448 g/mol. The van der Waals surface area contributed by atoms with Gasteiger partial charge in [0.2, 0.25) is 0 Å². The number of nitrogens with zero attached hydrogens (tertiary/aromatic N) is 2. The van der Waals surface area contributed by atoms with E-state index in [1.54, 1.807) is 35.9 Å². The van der Waals surface area contributed by atoms with E-state index in [2.05, 4.69) is 5.32 Å². The van der Waals surface area contributed by atoms with E-state index >= 15 is 0 Å². The van der Waals surface area contributed by atoms with Gasteiger partial charge in [-0.15, -0.1) is 12.4 Å². The molecule has 0 atom stereocenters. The number of aromatic hydroxyl groups is 1. The second-order valence-corrected chi connectivity index (χ2v) is 7.42. The number of hydrogen-bond acceptors (Lipinski definition) is 6. The summed E-state index contributed by atoms with van der Waals surface area (Å²) in [4.78, 5) is 26.6. The van der Waals surface area contributed by atoms with Gasteiger partial charge in [-0.05, 0) is 61.8 Å². The Kier molecular flexibility index (Phi) is 6.92. The summed E-state index contributed by atoms with van der Waals surface area (Å²) in [6.07, 6.45) is 1.59. The van der Waals surface area contributed by atoms with Crippen LogP contribution < -0.4 is 26.0 Å². The maximum absolute atomic E-state index is 13.5. The minimum atomic E-state index is -0.425. The first kappa shape index (κ1) is 22.7. The number of aromatic nitrogens is 2. The summed E-state index contributed by atoms with van der Waals surface area (Å²) in [5, 5.41) is 13.6. The van der Waals surface area contributed by atoms with Crippen molar-refractivity contribution < 1.29 is 14.6 Å². The van der Waals surface area contributed by atoms with E-state index in [9.17, 15) is 14.7 Å². The van der Waals surface area contributed by atoms with Crippen molar-refractivity contribution in [3.8, 4) is 17.2 Å². The van der Waals surface area contributed by atoms with Crippen LogP contribution in [0.2, 0.25) is 0 Å². The summed E-state index contributed by atoms with van der Waals surface area (Å²) in [5.74, 6) is 1.09. The fourth-order valence-corrected chi connectivity index (χ4v) is 4.09. The van der Waals surface area contributed by atoms with Gasteiger partial charge in [-0.3, -0.25) is 13.9 Å². The normalized spacial score (nSPS) is 14.3. The lowest BCUT2D eigenvalue weighted by atomic mass is 10.1. The molecule has 0 amide bonds. The number of ether oxygens (including phenoxy) is 2. The van der Waals surface area contributed by atoms with Crippen LogP contribution in [0.1, 0.15) is 24.4 Å². The van der Waals surface area contributed by atoms with Crippen LogP contribution in [0.4, 0.5) is 0 Å².